The number of carbonyl (C=O) groups excluding carboxylic acids is 1. The van der Waals surface area contributed by atoms with Gasteiger partial charge >= 0.3 is 5.97 Å². The molecule has 0 fully saturated rings. The van der Waals surface area contributed by atoms with Crippen LogP contribution < -0.4 is 10.1 Å². The molecule has 0 aliphatic rings. The van der Waals surface area contributed by atoms with E-state index >= 15 is 0 Å². The second-order valence-corrected chi connectivity index (χ2v) is 8.09. The molecule has 8 heteroatoms. The highest BCUT2D eigenvalue weighted by atomic mass is 19.1. The molecule has 4 aromatic rings. The van der Waals surface area contributed by atoms with E-state index in [4.69, 9.17) is 9.84 Å². The number of halogens is 1. The number of aromatic nitrogens is 1. The van der Waals surface area contributed by atoms with Gasteiger partial charge in [-0.25, -0.2) is 9.18 Å². The lowest BCUT2D eigenvalue weighted by Gasteiger charge is -2.18. The minimum atomic E-state index is -1.02. The number of carbonyl (C=O) groups is 2. The van der Waals surface area contributed by atoms with Gasteiger partial charge in [0.25, 0.3) is 5.91 Å². The van der Waals surface area contributed by atoms with Gasteiger partial charge in [-0.3, -0.25) is 4.79 Å². The van der Waals surface area contributed by atoms with Crippen LogP contribution in [0.1, 0.15) is 33.2 Å². The lowest BCUT2D eigenvalue weighted by molar-refractivity contribution is 0.0696. The van der Waals surface area contributed by atoms with E-state index in [2.05, 4.69) is 10.3 Å². The van der Waals surface area contributed by atoms with Crippen molar-refractivity contribution < 1.29 is 28.9 Å². The summed E-state index contributed by atoms with van der Waals surface area (Å²) in [4.78, 5) is 27.4. The minimum Gasteiger partial charge on any atom is -0.493 e. The van der Waals surface area contributed by atoms with Crippen LogP contribution in [0.4, 0.5) is 4.39 Å². The van der Waals surface area contributed by atoms with Gasteiger partial charge in [0.2, 0.25) is 0 Å². The standard InChI is InChI=1S/C27H25FN2O5/c1-2-35-25-10-7-18(16-3-5-17(6-4-16)27(33)34)12-23(25)26(32)30-21(15-31)11-19-14-29-24-9-8-20(28)13-22(19)24/h3-10,12-14,21,29,31H,2,11,15H2,1H3,(H,30,32)(H,33,34)/t21-/m1/s1. The van der Waals surface area contributed by atoms with Gasteiger partial charge in [-0.1, -0.05) is 18.2 Å². The number of aromatic amines is 1. The van der Waals surface area contributed by atoms with Crippen LogP contribution in [-0.2, 0) is 6.42 Å². The van der Waals surface area contributed by atoms with Gasteiger partial charge in [0.1, 0.15) is 11.6 Å². The molecule has 0 saturated heterocycles. The summed E-state index contributed by atoms with van der Waals surface area (Å²) >= 11 is 0. The van der Waals surface area contributed by atoms with Crippen LogP contribution in [0, 0.1) is 5.82 Å². The molecule has 0 aliphatic carbocycles. The fourth-order valence-corrected chi connectivity index (χ4v) is 3.98. The molecule has 1 aromatic heterocycles. The molecule has 4 rings (SSSR count). The lowest BCUT2D eigenvalue weighted by atomic mass is 10.00. The Balaban J connectivity index is 1.59. The molecular formula is C27H25FN2O5. The molecule has 180 valence electrons. The number of rotatable bonds is 9. The summed E-state index contributed by atoms with van der Waals surface area (Å²) in [6.45, 7) is 1.86. The van der Waals surface area contributed by atoms with Gasteiger partial charge in [-0.2, -0.15) is 0 Å². The predicted octanol–water partition coefficient (Wildman–Crippen LogP) is 4.40. The van der Waals surface area contributed by atoms with Crippen molar-refractivity contribution in [3.63, 3.8) is 0 Å². The van der Waals surface area contributed by atoms with Crippen molar-refractivity contribution in [2.75, 3.05) is 13.2 Å². The third-order valence-electron chi connectivity index (χ3n) is 5.74. The summed E-state index contributed by atoms with van der Waals surface area (Å²) in [5.74, 6) is -1.42. The number of benzene rings is 3. The zero-order valence-electron chi connectivity index (χ0n) is 19.0. The van der Waals surface area contributed by atoms with Gasteiger partial charge in [0, 0.05) is 17.1 Å². The smallest absolute Gasteiger partial charge is 0.335 e. The van der Waals surface area contributed by atoms with Crippen LogP contribution in [0.2, 0.25) is 0 Å². The SMILES string of the molecule is CCOc1ccc(-c2ccc(C(=O)O)cc2)cc1C(=O)N[C@@H](CO)Cc1c[nH]c2ccc(F)cc12. The van der Waals surface area contributed by atoms with E-state index in [1.165, 1.54) is 24.3 Å². The minimum absolute atomic E-state index is 0.167. The zero-order valence-corrected chi connectivity index (χ0v) is 19.0. The topological polar surface area (TPSA) is 112 Å². The third-order valence-corrected chi connectivity index (χ3v) is 5.74. The van der Waals surface area contributed by atoms with Crippen LogP contribution in [0.25, 0.3) is 22.0 Å². The summed E-state index contributed by atoms with van der Waals surface area (Å²) < 4.78 is 19.4. The molecule has 4 N–H and O–H groups in total. The molecule has 0 saturated carbocycles. The average Bonchev–Trinajstić information content (AvgIpc) is 3.25. The Bertz CT molecular complexity index is 1360. The number of aliphatic hydroxyl groups is 1. The number of ether oxygens (including phenoxy) is 1. The quantitative estimate of drug-likeness (QED) is 0.286. The van der Waals surface area contributed by atoms with Crippen molar-refractivity contribution in [2.45, 2.75) is 19.4 Å². The second-order valence-electron chi connectivity index (χ2n) is 8.09. The first-order valence-corrected chi connectivity index (χ1v) is 11.2. The number of hydrogen-bond acceptors (Lipinski definition) is 4. The maximum atomic E-state index is 13.7. The Morgan fingerprint density at radius 2 is 1.80 bits per heavy atom. The van der Waals surface area contributed by atoms with Crippen LogP contribution in [0.15, 0.2) is 66.9 Å². The molecule has 3 aromatic carbocycles. The van der Waals surface area contributed by atoms with Gasteiger partial charge in [0.15, 0.2) is 0 Å². The molecule has 0 bridgehead atoms. The first kappa shape index (κ1) is 24.0. The highest BCUT2D eigenvalue weighted by molar-refractivity contribution is 5.98. The number of amides is 1. The summed E-state index contributed by atoms with van der Waals surface area (Å²) in [6, 6.07) is 15.3. The number of carboxylic acids is 1. The molecule has 0 unspecified atom stereocenters. The number of carboxylic acid groups (broad SMARTS) is 1. The second kappa shape index (κ2) is 10.4. The van der Waals surface area contributed by atoms with E-state index in [1.54, 1.807) is 42.6 Å². The number of H-pyrrole nitrogens is 1. The molecule has 35 heavy (non-hydrogen) atoms. The predicted molar refractivity (Wildman–Crippen MR) is 130 cm³/mol. The number of fused-ring (bicyclic) bond motifs is 1. The Hall–Kier alpha value is -4.17. The molecule has 0 aliphatic heterocycles. The van der Waals surface area contributed by atoms with Crippen molar-refractivity contribution in [3.8, 4) is 16.9 Å². The number of aliphatic hydroxyl groups excluding tert-OH is 1. The number of aromatic carboxylic acids is 1. The molecule has 1 heterocycles. The van der Waals surface area contributed by atoms with E-state index in [0.717, 1.165) is 16.6 Å². The molecule has 0 radical (unpaired) electrons. The molecule has 1 atom stereocenters. The van der Waals surface area contributed by atoms with Gasteiger partial charge < -0.3 is 25.3 Å². The summed E-state index contributed by atoms with van der Waals surface area (Å²) in [5.41, 5.74) is 3.45. The highest BCUT2D eigenvalue weighted by Gasteiger charge is 2.20. The van der Waals surface area contributed by atoms with Crippen molar-refractivity contribution in [1.29, 1.82) is 0 Å². The molecule has 7 nitrogen and oxygen atoms in total. The van der Waals surface area contributed by atoms with Gasteiger partial charge in [-0.15, -0.1) is 0 Å². The average molecular weight is 477 g/mol. The normalized spacial score (nSPS) is 11.9. The van der Waals surface area contributed by atoms with Crippen LogP contribution in [0.5, 0.6) is 5.75 Å². The van der Waals surface area contributed by atoms with Crippen molar-refractivity contribution in [2.24, 2.45) is 0 Å². The largest absolute Gasteiger partial charge is 0.493 e. The van der Waals surface area contributed by atoms with Crippen LogP contribution >= 0.6 is 0 Å². The van der Waals surface area contributed by atoms with Gasteiger partial charge in [0.05, 0.1) is 30.4 Å². The van der Waals surface area contributed by atoms with E-state index in [9.17, 15) is 19.1 Å². The zero-order chi connectivity index (χ0) is 24.9. The Morgan fingerprint density at radius 1 is 1.06 bits per heavy atom. The van der Waals surface area contributed by atoms with E-state index < -0.39 is 17.9 Å². The molecule has 0 spiro atoms. The first-order valence-electron chi connectivity index (χ1n) is 11.2. The Labute approximate surface area is 201 Å². The van der Waals surface area contributed by atoms with Crippen LogP contribution in [-0.4, -0.2) is 46.3 Å². The third kappa shape index (κ3) is 5.33. The molecular weight excluding hydrogens is 451 g/mol. The lowest BCUT2D eigenvalue weighted by Crippen LogP contribution is -2.39. The first-order chi connectivity index (χ1) is 16.9. The fourth-order valence-electron chi connectivity index (χ4n) is 3.98. The fraction of sp³-hybridized carbons (Fsp3) is 0.185. The van der Waals surface area contributed by atoms with Crippen molar-refractivity contribution in [3.05, 3.63) is 89.4 Å². The van der Waals surface area contributed by atoms with E-state index in [0.29, 0.717) is 29.7 Å². The van der Waals surface area contributed by atoms with Gasteiger partial charge in [-0.05, 0) is 72.5 Å². The van der Waals surface area contributed by atoms with Crippen molar-refractivity contribution >= 4 is 22.8 Å². The maximum Gasteiger partial charge on any atom is 0.335 e. The Morgan fingerprint density at radius 3 is 2.49 bits per heavy atom. The highest BCUT2D eigenvalue weighted by Crippen LogP contribution is 2.28. The van der Waals surface area contributed by atoms with Crippen LogP contribution in [0.3, 0.4) is 0 Å². The number of hydrogen-bond donors (Lipinski definition) is 4. The molecule has 1 amide bonds. The van der Waals surface area contributed by atoms with E-state index in [1.807, 2.05) is 6.92 Å². The summed E-state index contributed by atoms with van der Waals surface area (Å²) in [7, 11) is 0. The summed E-state index contributed by atoms with van der Waals surface area (Å²) in [6.07, 6.45) is 2.04. The summed E-state index contributed by atoms with van der Waals surface area (Å²) in [5, 5.41) is 22.6. The maximum absolute atomic E-state index is 13.7. The van der Waals surface area contributed by atoms with Crippen molar-refractivity contribution in [1.82, 2.24) is 10.3 Å². The Kier molecular flexibility index (Phi) is 7.12. The number of nitrogens with one attached hydrogen (secondary N) is 2. The van der Waals surface area contributed by atoms with E-state index in [-0.39, 0.29) is 23.6 Å². The monoisotopic (exact) mass is 476 g/mol.